The molecule has 0 radical (unpaired) electrons. The fraction of sp³-hybridized carbons (Fsp3) is 0.480. The second-order valence-electron chi connectivity index (χ2n) is 9.16. The Morgan fingerprint density at radius 3 is 2.70 bits per heavy atom. The lowest BCUT2D eigenvalue weighted by molar-refractivity contribution is 0.0833. The molecule has 1 fully saturated rings. The number of likely N-dealkylation sites (tertiary alicyclic amines) is 1. The van der Waals surface area contributed by atoms with E-state index in [0.29, 0.717) is 36.8 Å². The van der Waals surface area contributed by atoms with Gasteiger partial charge in [0.05, 0.1) is 5.69 Å². The summed E-state index contributed by atoms with van der Waals surface area (Å²) in [5.74, 6) is 1.55. The van der Waals surface area contributed by atoms with Crippen molar-refractivity contribution in [1.29, 1.82) is 0 Å². The fourth-order valence-electron chi connectivity index (χ4n) is 5.24. The van der Waals surface area contributed by atoms with Crippen molar-refractivity contribution in [2.75, 3.05) is 26.3 Å². The Hall–Kier alpha value is -2.71. The van der Waals surface area contributed by atoms with E-state index in [-0.39, 0.29) is 17.3 Å². The third-order valence-electron chi connectivity index (χ3n) is 6.99. The van der Waals surface area contributed by atoms with Crippen LogP contribution in [0.1, 0.15) is 52.3 Å². The molecule has 1 aliphatic carbocycles. The van der Waals surface area contributed by atoms with Crippen LogP contribution in [0.4, 0.5) is 0 Å². The van der Waals surface area contributed by atoms with Gasteiger partial charge < -0.3 is 9.47 Å². The lowest BCUT2D eigenvalue weighted by Gasteiger charge is -2.31. The molecule has 0 N–H and O–H groups in total. The van der Waals surface area contributed by atoms with Gasteiger partial charge in [0.2, 0.25) is 0 Å². The van der Waals surface area contributed by atoms with Crippen LogP contribution in [0.5, 0.6) is 11.5 Å². The Morgan fingerprint density at radius 2 is 1.85 bits per heavy atom. The van der Waals surface area contributed by atoms with Crippen LogP contribution < -0.4 is 15.0 Å². The molecule has 0 unspecified atom stereocenters. The van der Waals surface area contributed by atoms with E-state index in [4.69, 9.17) is 14.5 Å². The molecule has 2 aliphatic heterocycles. The van der Waals surface area contributed by atoms with Crippen molar-refractivity contribution in [3.05, 3.63) is 56.4 Å². The summed E-state index contributed by atoms with van der Waals surface area (Å²) in [5, 5.41) is 0. The number of rotatable bonds is 4. The van der Waals surface area contributed by atoms with Crippen LogP contribution in [-0.4, -0.2) is 46.4 Å². The van der Waals surface area contributed by atoms with Crippen molar-refractivity contribution < 1.29 is 14.3 Å². The van der Waals surface area contributed by atoms with Gasteiger partial charge in [-0.05, 0) is 69.8 Å². The standard InChI is InChI=1S/C25H27N3O4S/c29-23-14-18(26-25-28(23)19-3-1-2-4-22(19)33-25)15-27-9-7-16(8-10-27)24(30)17-5-6-20-21(13-17)32-12-11-31-20/h5-6,13-14,16H,1-4,7-12,15H2. The molecule has 0 spiro atoms. The Kier molecular flexibility index (Phi) is 5.42. The summed E-state index contributed by atoms with van der Waals surface area (Å²) in [6, 6.07) is 7.19. The van der Waals surface area contributed by atoms with E-state index in [1.165, 1.54) is 17.0 Å². The SMILES string of the molecule is O=C(c1ccc2c(c1)OCCO2)C1CCN(Cc2cc(=O)n3c4c(sc3n2)CCCC4)CC1. The number of ether oxygens (including phenoxy) is 2. The number of carbonyl (C=O) groups excluding carboxylic acids is 1. The van der Waals surface area contributed by atoms with Gasteiger partial charge in [0.25, 0.3) is 5.56 Å². The van der Waals surface area contributed by atoms with Gasteiger partial charge in [-0.1, -0.05) is 0 Å². The number of benzene rings is 1. The second kappa shape index (κ2) is 8.57. The number of hydrogen-bond acceptors (Lipinski definition) is 7. The van der Waals surface area contributed by atoms with Crippen LogP contribution in [0.2, 0.25) is 0 Å². The monoisotopic (exact) mass is 465 g/mol. The number of aromatic nitrogens is 2. The third-order valence-corrected chi connectivity index (χ3v) is 8.13. The molecule has 2 aromatic heterocycles. The molecular weight excluding hydrogens is 438 g/mol. The fourth-order valence-corrected chi connectivity index (χ4v) is 6.47. The zero-order chi connectivity index (χ0) is 22.4. The highest BCUT2D eigenvalue weighted by Crippen LogP contribution is 2.33. The molecule has 0 amide bonds. The minimum Gasteiger partial charge on any atom is -0.486 e. The Bertz CT molecular complexity index is 1270. The van der Waals surface area contributed by atoms with E-state index in [1.54, 1.807) is 17.4 Å². The Labute approximate surface area is 196 Å². The van der Waals surface area contributed by atoms with Gasteiger partial charge in [-0.15, -0.1) is 11.3 Å². The van der Waals surface area contributed by atoms with Gasteiger partial charge in [-0.25, -0.2) is 4.98 Å². The Morgan fingerprint density at radius 1 is 1.06 bits per heavy atom. The summed E-state index contributed by atoms with van der Waals surface area (Å²) < 4.78 is 13.0. The van der Waals surface area contributed by atoms with Gasteiger partial charge in [0.15, 0.2) is 22.2 Å². The minimum atomic E-state index is 0.00824. The highest BCUT2D eigenvalue weighted by atomic mass is 32.1. The smallest absolute Gasteiger partial charge is 0.259 e. The van der Waals surface area contributed by atoms with Crippen LogP contribution in [-0.2, 0) is 19.4 Å². The van der Waals surface area contributed by atoms with Crippen molar-refractivity contribution in [3.63, 3.8) is 0 Å². The molecule has 0 bridgehead atoms. The zero-order valence-electron chi connectivity index (χ0n) is 18.5. The van der Waals surface area contributed by atoms with Gasteiger partial charge in [-0.2, -0.15) is 0 Å². The van der Waals surface area contributed by atoms with E-state index in [0.717, 1.165) is 55.8 Å². The molecule has 3 aromatic rings. The number of nitrogens with zero attached hydrogens (tertiary/aromatic N) is 3. The van der Waals surface area contributed by atoms with Crippen LogP contribution >= 0.6 is 11.3 Å². The predicted octanol–water partition coefficient (Wildman–Crippen LogP) is 3.50. The van der Waals surface area contributed by atoms with Crippen LogP contribution in [0, 0.1) is 5.92 Å². The second-order valence-corrected chi connectivity index (χ2v) is 10.2. The first-order valence-corrected chi connectivity index (χ1v) is 12.7. The summed E-state index contributed by atoms with van der Waals surface area (Å²) in [6.07, 6.45) is 5.99. The van der Waals surface area contributed by atoms with E-state index >= 15 is 0 Å². The van der Waals surface area contributed by atoms with Crippen molar-refractivity contribution in [2.45, 2.75) is 45.1 Å². The van der Waals surface area contributed by atoms with Crippen molar-refractivity contribution in [1.82, 2.24) is 14.3 Å². The largest absolute Gasteiger partial charge is 0.486 e. The zero-order valence-corrected chi connectivity index (χ0v) is 19.4. The van der Waals surface area contributed by atoms with Gasteiger partial charge in [0, 0.05) is 34.7 Å². The molecule has 4 heterocycles. The van der Waals surface area contributed by atoms with E-state index in [2.05, 4.69) is 4.90 Å². The molecule has 0 saturated carbocycles. The van der Waals surface area contributed by atoms with Gasteiger partial charge >= 0.3 is 0 Å². The molecule has 1 saturated heterocycles. The quantitative estimate of drug-likeness (QED) is 0.549. The van der Waals surface area contributed by atoms with Gasteiger partial charge in [-0.3, -0.25) is 18.9 Å². The first-order chi connectivity index (χ1) is 16.2. The summed E-state index contributed by atoms with van der Waals surface area (Å²) >= 11 is 1.67. The maximum Gasteiger partial charge on any atom is 0.259 e. The molecule has 33 heavy (non-hydrogen) atoms. The van der Waals surface area contributed by atoms with Gasteiger partial charge in [0.1, 0.15) is 13.2 Å². The highest BCUT2D eigenvalue weighted by molar-refractivity contribution is 7.17. The number of carbonyl (C=O) groups is 1. The number of fused-ring (bicyclic) bond motifs is 4. The summed E-state index contributed by atoms with van der Waals surface area (Å²) in [6.45, 7) is 3.35. The van der Waals surface area contributed by atoms with E-state index in [1.807, 2.05) is 22.6 Å². The number of hydrogen-bond donors (Lipinski definition) is 0. The number of aryl methyl sites for hydroxylation is 2. The number of thiazole rings is 1. The van der Waals surface area contributed by atoms with E-state index < -0.39 is 0 Å². The first kappa shape index (κ1) is 20.9. The first-order valence-electron chi connectivity index (χ1n) is 11.9. The predicted molar refractivity (Wildman–Crippen MR) is 126 cm³/mol. The highest BCUT2D eigenvalue weighted by Gasteiger charge is 2.27. The lowest BCUT2D eigenvalue weighted by atomic mass is 9.88. The number of Topliss-reactive ketones (excluding diaryl/α,β-unsaturated/α-hetero) is 1. The summed E-state index contributed by atoms with van der Waals surface area (Å²) in [4.78, 5) is 35.2. The van der Waals surface area contributed by atoms with Crippen molar-refractivity contribution >= 4 is 22.1 Å². The lowest BCUT2D eigenvalue weighted by Crippen LogP contribution is -2.36. The summed E-state index contributed by atoms with van der Waals surface area (Å²) in [5.41, 5.74) is 2.73. The average Bonchev–Trinajstić information content (AvgIpc) is 3.22. The Balaban J connectivity index is 1.12. The van der Waals surface area contributed by atoms with Crippen molar-refractivity contribution in [3.8, 4) is 11.5 Å². The van der Waals surface area contributed by atoms with E-state index in [9.17, 15) is 9.59 Å². The molecule has 172 valence electrons. The van der Waals surface area contributed by atoms with Crippen molar-refractivity contribution in [2.24, 2.45) is 5.92 Å². The third kappa shape index (κ3) is 3.95. The number of ketones is 1. The molecule has 8 heteroatoms. The van der Waals surface area contributed by atoms with Crippen LogP contribution in [0.3, 0.4) is 0 Å². The maximum absolute atomic E-state index is 13.1. The maximum atomic E-state index is 13.1. The normalized spacial score (nSPS) is 18.9. The number of piperidine rings is 1. The molecule has 0 atom stereocenters. The van der Waals surface area contributed by atoms with Crippen LogP contribution in [0.15, 0.2) is 29.1 Å². The minimum absolute atomic E-state index is 0.00824. The molecule has 7 nitrogen and oxygen atoms in total. The molecular formula is C25H27N3O4S. The topological polar surface area (TPSA) is 73.1 Å². The average molecular weight is 466 g/mol. The molecule has 6 rings (SSSR count). The van der Waals surface area contributed by atoms with Crippen LogP contribution in [0.25, 0.3) is 4.96 Å². The molecule has 1 aromatic carbocycles. The molecule has 3 aliphatic rings. The summed E-state index contributed by atoms with van der Waals surface area (Å²) in [7, 11) is 0.